The van der Waals surface area contributed by atoms with Crippen LogP contribution in [0.3, 0.4) is 0 Å². The number of nitrogens with zero attached hydrogens (tertiary/aromatic N) is 2. The highest BCUT2D eigenvalue weighted by Crippen LogP contribution is 2.33. The molecule has 1 aromatic rings. The number of alkyl halides is 3. The second kappa shape index (κ2) is 3.06. The van der Waals surface area contributed by atoms with Gasteiger partial charge in [-0.15, -0.1) is 0 Å². The molecule has 0 atom stereocenters. The van der Waals surface area contributed by atoms with Crippen molar-refractivity contribution in [1.29, 1.82) is 0 Å². The molecule has 12 heavy (non-hydrogen) atoms. The molecule has 68 valence electrons. The first kappa shape index (κ1) is 9.53. The van der Waals surface area contributed by atoms with E-state index in [9.17, 15) is 13.2 Å². The zero-order valence-electron chi connectivity index (χ0n) is 5.64. The summed E-state index contributed by atoms with van der Waals surface area (Å²) >= 11 is 2.68. The van der Waals surface area contributed by atoms with E-state index in [1.807, 2.05) is 0 Å². The molecule has 0 saturated heterocycles. The van der Waals surface area contributed by atoms with E-state index in [1.54, 1.807) is 0 Å². The molecule has 0 aromatic carbocycles. The lowest BCUT2D eigenvalue weighted by atomic mass is 10.4. The second-order valence-electron chi connectivity index (χ2n) is 2.00. The molecule has 0 spiro atoms. The summed E-state index contributed by atoms with van der Waals surface area (Å²) in [4.78, 5) is 0. The molecule has 1 N–H and O–H groups in total. The van der Waals surface area contributed by atoms with Gasteiger partial charge in [-0.3, -0.25) is 0 Å². The molecule has 0 bridgehead atoms. The topological polar surface area (TPSA) is 38.0 Å². The first-order chi connectivity index (χ1) is 5.45. The largest absolute Gasteiger partial charge is 0.436 e. The highest BCUT2D eigenvalue weighted by atomic mass is 79.9. The van der Waals surface area contributed by atoms with Gasteiger partial charge >= 0.3 is 6.18 Å². The summed E-state index contributed by atoms with van der Waals surface area (Å²) < 4.78 is 36.6. The third-order valence-electron chi connectivity index (χ3n) is 1.13. The summed E-state index contributed by atoms with van der Waals surface area (Å²) in [5.41, 5.74) is -1.03. The third kappa shape index (κ3) is 1.78. The van der Waals surface area contributed by atoms with Crippen LogP contribution in [0.25, 0.3) is 0 Å². The SMILES string of the molecule is OCn1cc(Br)c(C(F)(F)F)n1. The Hall–Kier alpha value is -0.560. The Morgan fingerprint density at radius 1 is 1.58 bits per heavy atom. The van der Waals surface area contributed by atoms with Crippen LogP contribution in [0.2, 0.25) is 0 Å². The highest BCUT2D eigenvalue weighted by Gasteiger charge is 2.36. The van der Waals surface area contributed by atoms with Crippen LogP contribution in [-0.2, 0) is 12.9 Å². The van der Waals surface area contributed by atoms with Gasteiger partial charge in [-0.25, -0.2) is 4.68 Å². The maximum Gasteiger partial charge on any atom is 0.436 e. The Labute approximate surface area is 73.9 Å². The van der Waals surface area contributed by atoms with Crippen molar-refractivity contribution in [3.8, 4) is 0 Å². The summed E-state index contributed by atoms with van der Waals surface area (Å²) in [6.07, 6.45) is -3.43. The van der Waals surface area contributed by atoms with E-state index in [4.69, 9.17) is 5.11 Å². The molecular weight excluding hydrogens is 241 g/mol. The van der Waals surface area contributed by atoms with E-state index >= 15 is 0 Å². The minimum atomic E-state index is -4.49. The molecule has 0 saturated carbocycles. The molecule has 3 nitrogen and oxygen atoms in total. The van der Waals surface area contributed by atoms with Crippen molar-refractivity contribution in [2.45, 2.75) is 12.9 Å². The zero-order chi connectivity index (χ0) is 9.35. The molecule has 0 aliphatic heterocycles. The van der Waals surface area contributed by atoms with Gasteiger partial charge in [-0.05, 0) is 15.9 Å². The van der Waals surface area contributed by atoms with Crippen LogP contribution in [0.5, 0.6) is 0 Å². The molecule has 1 heterocycles. The van der Waals surface area contributed by atoms with Crippen LogP contribution in [0.4, 0.5) is 13.2 Å². The van der Waals surface area contributed by atoms with Crippen molar-refractivity contribution in [1.82, 2.24) is 9.78 Å². The molecule has 7 heteroatoms. The maximum absolute atomic E-state index is 12.0. The molecular formula is C5H4BrF3N2O. The van der Waals surface area contributed by atoms with Gasteiger partial charge < -0.3 is 5.11 Å². The Kier molecular flexibility index (Phi) is 2.43. The number of rotatable bonds is 1. The lowest BCUT2D eigenvalue weighted by molar-refractivity contribution is -0.142. The van der Waals surface area contributed by atoms with Crippen LogP contribution in [-0.4, -0.2) is 14.9 Å². The third-order valence-corrected chi connectivity index (χ3v) is 1.71. The maximum atomic E-state index is 12.0. The molecule has 0 aliphatic carbocycles. The molecule has 0 fully saturated rings. The Morgan fingerprint density at radius 3 is 2.42 bits per heavy atom. The summed E-state index contributed by atoms with van der Waals surface area (Å²) in [7, 11) is 0. The minimum Gasteiger partial charge on any atom is -0.374 e. The Balaban J connectivity index is 3.08. The standard InChI is InChI=1S/C5H4BrF3N2O/c6-3-1-11(2-12)10-4(3)5(7,8)9/h1,12H,2H2. The molecule has 1 rings (SSSR count). The average Bonchev–Trinajstić information content (AvgIpc) is 2.29. The quantitative estimate of drug-likeness (QED) is 0.816. The normalized spacial score (nSPS) is 12.1. The predicted molar refractivity (Wildman–Crippen MR) is 37.1 cm³/mol. The van der Waals surface area contributed by atoms with Crippen LogP contribution in [0.15, 0.2) is 10.7 Å². The molecule has 0 amide bonds. The molecule has 0 aliphatic rings. The fourth-order valence-corrected chi connectivity index (χ4v) is 1.20. The molecule has 0 unspecified atom stereocenters. The van der Waals surface area contributed by atoms with Crippen molar-refractivity contribution in [2.75, 3.05) is 0 Å². The smallest absolute Gasteiger partial charge is 0.374 e. The Morgan fingerprint density at radius 2 is 2.17 bits per heavy atom. The Bertz CT molecular complexity index is 283. The number of hydrogen-bond donors (Lipinski definition) is 1. The number of aliphatic hydroxyl groups excluding tert-OH is 1. The van der Waals surface area contributed by atoms with E-state index in [0.717, 1.165) is 10.9 Å². The number of aromatic nitrogens is 2. The second-order valence-corrected chi connectivity index (χ2v) is 2.86. The van der Waals surface area contributed by atoms with Crippen LogP contribution in [0.1, 0.15) is 5.69 Å². The van der Waals surface area contributed by atoms with Crippen LogP contribution in [0, 0.1) is 0 Å². The van der Waals surface area contributed by atoms with Gasteiger partial charge in [0.05, 0.1) is 4.47 Å². The van der Waals surface area contributed by atoms with E-state index in [1.165, 1.54) is 0 Å². The number of hydrogen-bond acceptors (Lipinski definition) is 2. The van der Waals surface area contributed by atoms with Crippen molar-refractivity contribution in [3.05, 3.63) is 16.4 Å². The van der Waals surface area contributed by atoms with Crippen molar-refractivity contribution in [3.63, 3.8) is 0 Å². The fraction of sp³-hybridized carbons (Fsp3) is 0.400. The van der Waals surface area contributed by atoms with Crippen LogP contribution < -0.4 is 0 Å². The van der Waals surface area contributed by atoms with Gasteiger partial charge in [0.1, 0.15) is 6.73 Å². The molecule has 0 radical (unpaired) electrons. The zero-order valence-corrected chi connectivity index (χ0v) is 7.22. The van der Waals surface area contributed by atoms with Gasteiger partial charge in [0.2, 0.25) is 0 Å². The van der Waals surface area contributed by atoms with Gasteiger partial charge in [0, 0.05) is 6.20 Å². The first-order valence-electron chi connectivity index (χ1n) is 2.86. The fourth-order valence-electron chi connectivity index (χ4n) is 0.662. The van der Waals surface area contributed by atoms with E-state index in [2.05, 4.69) is 21.0 Å². The van der Waals surface area contributed by atoms with Crippen molar-refractivity contribution >= 4 is 15.9 Å². The lowest BCUT2D eigenvalue weighted by Crippen LogP contribution is -2.08. The number of aliphatic hydroxyl groups is 1. The summed E-state index contributed by atoms with van der Waals surface area (Å²) in [6, 6.07) is 0. The molecule has 1 aromatic heterocycles. The summed E-state index contributed by atoms with van der Waals surface area (Å²) in [6.45, 7) is -0.575. The van der Waals surface area contributed by atoms with Gasteiger partial charge in [-0.1, -0.05) is 0 Å². The average molecular weight is 245 g/mol. The predicted octanol–water partition coefficient (Wildman–Crippen LogP) is 1.61. The van der Waals surface area contributed by atoms with E-state index in [0.29, 0.717) is 0 Å². The lowest BCUT2D eigenvalue weighted by Gasteiger charge is -2.01. The van der Waals surface area contributed by atoms with E-state index < -0.39 is 18.6 Å². The monoisotopic (exact) mass is 244 g/mol. The van der Waals surface area contributed by atoms with Crippen LogP contribution >= 0.6 is 15.9 Å². The first-order valence-corrected chi connectivity index (χ1v) is 3.65. The van der Waals surface area contributed by atoms with Gasteiger partial charge in [-0.2, -0.15) is 18.3 Å². The summed E-state index contributed by atoms with van der Waals surface area (Å²) in [5, 5.41) is 11.5. The highest BCUT2D eigenvalue weighted by molar-refractivity contribution is 9.10. The van der Waals surface area contributed by atoms with Gasteiger partial charge in [0.25, 0.3) is 0 Å². The number of halogens is 4. The van der Waals surface area contributed by atoms with Crippen molar-refractivity contribution < 1.29 is 18.3 Å². The minimum absolute atomic E-state index is 0.177. The van der Waals surface area contributed by atoms with E-state index in [-0.39, 0.29) is 4.47 Å². The summed E-state index contributed by atoms with van der Waals surface area (Å²) in [5.74, 6) is 0. The van der Waals surface area contributed by atoms with Crippen molar-refractivity contribution in [2.24, 2.45) is 0 Å². The van der Waals surface area contributed by atoms with Gasteiger partial charge in [0.15, 0.2) is 5.69 Å².